The zero-order chi connectivity index (χ0) is 14.6. The van der Waals surface area contributed by atoms with Crippen molar-refractivity contribution in [3.8, 4) is 0 Å². The van der Waals surface area contributed by atoms with Crippen molar-refractivity contribution in [2.45, 2.75) is 39.7 Å². The van der Waals surface area contributed by atoms with Gasteiger partial charge < -0.3 is 5.11 Å². The van der Waals surface area contributed by atoms with Gasteiger partial charge in [0.05, 0.1) is 18.0 Å². The molecule has 0 aliphatic heterocycles. The highest BCUT2D eigenvalue weighted by molar-refractivity contribution is 7.91. The van der Waals surface area contributed by atoms with E-state index in [1.807, 2.05) is 13.8 Å². The molecule has 1 heterocycles. The van der Waals surface area contributed by atoms with Crippen LogP contribution < -0.4 is 0 Å². The third kappa shape index (κ3) is 4.02. The first-order valence-electron chi connectivity index (χ1n) is 6.15. The summed E-state index contributed by atoms with van der Waals surface area (Å²) in [7, 11) is -3.12. The van der Waals surface area contributed by atoms with E-state index in [4.69, 9.17) is 5.11 Å². The molecular weight excluding hydrogens is 270 g/mol. The molecule has 0 saturated heterocycles. The van der Waals surface area contributed by atoms with E-state index in [0.29, 0.717) is 12.1 Å². The largest absolute Gasteiger partial charge is 0.476 e. The molecule has 0 bridgehead atoms. The summed E-state index contributed by atoms with van der Waals surface area (Å²) in [6, 6.07) is 0. The van der Waals surface area contributed by atoms with Gasteiger partial charge in [-0.2, -0.15) is 0 Å². The average Bonchev–Trinajstić information content (AvgIpc) is 2.70. The lowest BCUT2D eigenvalue weighted by Crippen LogP contribution is -2.18. The Kier molecular flexibility index (Phi) is 5.04. The molecule has 0 radical (unpaired) electrons. The maximum Gasteiger partial charge on any atom is 0.358 e. The van der Waals surface area contributed by atoms with Crippen LogP contribution >= 0.6 is 0 Å². The lowest BCUT2D eigenvalue weighted by molar-refractivity contribution is 0.0688. The summed E-state index contributed by atoms with van der Waals surface area (Å²) < 4.78 is 24.7. The van der Waals surface area contributed by atoms with Gasteiger partial charge in [-0.05, 0) is 12.3 Å². The summed E-state index contributed by atoms with van der Waals surface area (Å²) in [6.07, 6.45) is 0.567. The summed E-state index contributed by atoms with van der Waals surface area (Å²) in [5.41, 5.74) is 0.349. The maximum absolute atomic E-state index is 11.6. The Morgan fingerprint density at radius 1 is 1.37 bits per heavy atom. The first-order chi connectivity index (χ1) is 8.78. The van der Waals surface area contributed by atoms with Crippen LogP contribution in [0, 0.1) is 0 Å². The minimum atomic E-state index is -3.12. The number of carboxylic acid groups (broad SMARTS) is 1. The second-order valence-corrected chi connectivity index (χ2v) is 6.96. The van der Waals surface area contributed by atoms with E-state index >= 15 is 0 Å². The summed E-state index contributed by atoms with van der Waals surface area (Å²) in [6.45, 7) is 5.58. The van der Waals surface area contributed by atoms with E-state index in [2.05, 4.69) is 10.3 Å². The standard InChI is InChI=1S/C11H19N3O4S/c1-4-6-19(17,18)7-5-14-10(8(2)3)9(11(15)16)12-13-14/h8H,4-7H2,1-3H3,(H,15,16). The highest BCUT2D eigenvalue weighted by atomic mass is 32.2. The summed E-state index contributed by atoms with van der Waals surface area (Å²) in [4.78, 5) is 11.0. The summed E-state index contributed by atoms with van der Waals surface area (Å²) in [5.74, 6) is -1.16. The molecule has 7 nitrogen and oxygen atoms in total. The van der Waals surface area contributed by atoms with Gasteiger partial charge >= 0.3 is 5.97 Å². The molecule has 0 aliphatic carbocycles. The topological polar surface area (TPSA) is 102 Å². The third-order valence-corrected chi connectivity index (χ3v) is 4.49. The van der Waals surface area contributed by atoms with Gasteiger partial charge in [0.25, 0.3) is 0 Å². The monoisotopic (exact) mass is 289 g/mol. The Balaban J connectivity index is 2.94. The molecule has 0 saturated carbocycles. The molecule has 19 heavy (non-hydrogen) atoms. The molecule has 1 aromatic rings. The predicted octanol–water partition coefficient (Wildman–Crippen LogP) is 0.925. The lowest BCUT2D eigenvalue weighted by Gasteiger charge is -2.10. The van der Waals surface area contributed by atoms with Crippen LogP contribution in [0.15, 0.2) is 0 Å². The van der Waals surface area contributed by atoms with Crippen LogP contribution in [0.1, 0.15) is 49.3 Å². The number of aryl methyl sites for hydroxylation is 1. The quantitative estimate of drug-likeness (QED) is 0.801. The Hall–Kier alpha value is -1.44. The molecule has 0 fully saturated rings. The number of carbonyl (C=O) groups is 1. The number of hydrogen-bond acceptors (Lipinski definition) is 5. The third-order valence-electron chi connectivity index (χ3n) is 2.65. The van der Waals surface area contributed by atoms with Crippen molar-refractivity contribution >= 4 is 15.8 Å². The van der Waals surface area contributed by atoms with Crippen molar-refractivity contribution in [3.63, 3.8) is 0 Å². The van der Waals surface area contributed by atoms with Crippen LogP contribution in [-0.2, 0) is 16.4 Å². The number of hydrogen-bond donors (Lipinski definition) is 1. The summed E-state index contributed by atoms with van der Waals surface area (Å²) >= 11 is 0. The van der Waals surface area contributed by atoms with Crippen LogP contribution in [0.2, 0.25) is 0 Å². The highest BCUT2D eigenvalue weighted by Crippen LogP contribution is 2.17. The van der Waals surface area contributed by atoms with Crippen molar-refractivity contribution in [2.75, 3.05) is 11.5 Å². The van der Waals surface area contributed by atoms with Gasteiger partial charge in [-0.3, -0.25) is 0 Å². The number of nitrogens with zero attached hydrogens (tertiary/aromatic N) is 3. The first-order valence-corrected chi connectivity index (χ1v) is 7.97. The van der Waals surface area contributed by atoms with Gasteiger partial charge in [0.2, 0.25) is 0 Å². The fraction of sp³-hybridized carbons (Fsp3) is 0.727. The Morgan fingerprint density at radius 3 is 2.47 bits per heavy atom. The van der Waals surface area contributed by atoms with Crippen molar-refractivity contribution < 1.29 is 18.3 Å². The minimum absolute atomic E-state index is 0.0526. The molecule has 108 valence electrons. The van der Waals surface area contributed by atoms with Gasteiger partial charge in [-0.25, -0.2) is 17.9 Å². The van der Waals surface area contributed by atoms with Crippen molar-refractivity contribution in [2.24, 2.45) is 0 Å². The zero-order valence-corrected chi connectivity index (χ0v) is 12.1. The Bertz CT molecular complexity index is 548. The maximum atomic E-state index is 11.6. The molecule has 0 aromatic carbocycles. The van der Waals surface area contributed by atoms with Crippen LogP contribution in [-0.4, -0.2) is 46.0 Å². The van der Waals surface area contributed by atoms with E-state index in [1.165, 1.54) is 4.68 Å². The molecular formula is C11H19N3O4S. The minimum Gasteiger partial charge on any atom is -0.476 e. The molecule has 1 N–H and O–H groups in total. The molecule has 8 heteroatoms. The lowest BCUT2D eigenvalue weighted by atomic mass is 10.1. The van der Waals surface area contributed by atoms with E-state index < -0.39 is 15.8 Å². The van der Waals surface area contributed by atoms with E-state index in [-0.39, 0.29) is 29.7 Å². The average molecular weight is 289 g/mol. The number of aromatic nitrogens is 3. The van der Waals surface area contributed by atoms with E-state index in [9.17, 15) is 13.2 Å². The van der Waals surface area contributed by atoms with Gasteiger partial charge in [0, 0.05) is 5.75 Å². The fourth-order valence-electron chi connectivity index (χ4n) is 1.85. The van der Waals surface area contributed by atoms with Gasteiger partial charge in [0.1, 0.15) is 0 Å². The van der Waals surface area contributed by atoms with Gasteiger partial charge in [0.15, 0.2) is 15.5 Å². The van der Waals surface area contributed by atoms with Crippen LogP contribution in [0.25, 0.3) is 0 Å². The number of rotatable bonds is 7. The van der Waals surface area contributed by atoms with Crippen LogP contribution in [0.4, 0.5) is 0 Å². The molecule has 1 rings (SSSR count). The van der Waals surface area contributed by atoms with E-state index in [0.717, 1.165) is 0 Å². The molecule has 0 aliphatic rings. The normalized spacial score (nSPS) is 12.0. The SMILES string of the molecule is CCCS(=O)(=O)CCn1nnc(C(=O)O)c1C(C)C. The van der Waals surface area contributed by atoms with Crippen LogP contribution in [0.3, 0.4) is 0 Å². The Morgan fingerprint density at radius 2 is 2.00 bits per heavy atom. The van der Waals surface area contributed by atoms with Gasteiger partial charge in [-0.15, -0.1) is 5.10 Å². The number of aromatic carboxylic acids is 1. The zero-order valence-electron chi connectivity index (χ0n) is 11.3. The van der Waals surface area contributed by atoms with Crippen molar-refractivity contribution in [3.05, 3.63) is 11.4 Å². The van der Waals surface area contributed by atoms with E-state index in [1.54, 1.807) is 6.92 Å². The van der Waals surface area contributed by atoms with Crippen molar-refractivity contribution in [1.82, 2.24) is 15.0 Å². The predicted molar refractivity (Wildman–Crippen MR) is 70.0 cm³/mol. The molecule has 0 spiro atoms. The van der Waals surface area contributed by atoms with Gasteiger partial charge in [-0.1, -0.05) is 26.0 Å². The second kappa shape index (κ2) is 6.14. The first kappa shape index (κ1) is 15.6. The number of carboxylic acids is 1. The molecule has 0 amide bonds. The summed E-state index contributed by atoms with van der Waals surface area (Å²) in [5, 5.41) is 16.4. The highest BCUT2D eigenvalue weighted by Gasteiger charge is 2.22. The fourth-order valence-corrected chi connectivity index (χ4v) is 3.13. The smallest absolute Gasteiger partial charge is 0.358 e. The van der Waals surface area contributed by atoms with Crippen molar-refractivity contribution in [1.29, 1.82) is 0 Å². The molecule has 0 atom stereocenters. The molecule has 1 aromatic heterocycles. The molecule has 0 unspecified atom stereocenters. The second-order valence-electron chi connectivity index (χ2n) is 4.66. The van der Waals surface area contributed by atoms with Crippen LogP contribution in [0.5, 0.6) is 0 Å². The number of sulfone groups is 1. The Labute approximate surface area is 112 Å².